The number of hydrogen-bond donors (Lipinski definition) is 0. The normalized spacial score (nSPS) is 14.5. The van der Waals surface area contributed by atoms with Crippen LogP contribution >= 0.6 is 0 Å². The quantitative estimate of drug-likeness (QED) is 0.677. The molecule has 0 aliphatic carbocycles. The van der Waals surface area contributed by atoms with Crippen LogP contribution in [0.2, 0.25) is 0 Å². The summed E-state index contributed by atoms with van der Waals surface area (Å²) in [6.45, 7) is -0.0428. The number of benzene rings is 2. The molecule has 9 heteroatoms. The van der Waals surface area contributed by atoms with Gasteiger partial charge in [0.2, 0.25) is 0 Å². The van der Waals surface area contributed by atoms with Crippen molar-refractivity contribution in [1.82, 2.24) is 4.31 Å². The van der Waals surface area contributed by atoms with Gasteiger partial charge in [0, 0.05) is 6.54 Å². The summed E-state index contributed by atoms with van der Waals surface area (Å²) in [5, 5.41) is 0. The lowest BCUT2D eigenvalue weighted by Crippen LogP contribution is -2.32. The second-order valence-corrected chi connectivity index (χ2v) is 7.85. The average molecular weight is 405 g/mol. The van der Waals surface area contributed by atoms with Crippen LogP contribution in [0.5, 0.6) is 11.5 Å². The summed E-state index contributed by atoms with van der Waals surface area (Å²) in [6.07, 6.45) is 0.295. The molecule has 0 spiro atoms. The molecule has 0 saturated heterocycles. The van der Waals surface area contributed by atoms with E-state index < -0.39 is 21.9 Å². The number of nitrogens with zero attached hydrogens (tertiary/aromatic N) is 1. The van der Waals surface area contributed by atoms with E-state index in [2.05, 4.69) is 4.74 Å². The molecule has 1 amide bonds. The van der Waals surface area contributed by atoms with E-state index in [0.29, 0.717) is 17.9 Å². The number of sulfonamides is 1. The van der Waals surface area contributed by atoms with E-state index in [9.17, 15) is 18.0 Å². The smallest absolute Gasteiger partial charge is 0.337 e. The Kier molecular flexibility index (Phi) is 5.28. The van der Waals surface area contributed by atoms with Crippen molar-refractivity contribution < 1.29 is 32.2 Å². The van der Waals surface area contributed by atoms with E-state index in [1.54, 1.807) is 18.2 Å². The number of hydrogen-bond acceptors (Lipinski definition) is 7. The summed E-state index contributed by atoms with van der Waals surface area (Å²) in [4.78, 5) is 24.1. The first-order valence-electron chi connectivity index (χ1n) is 8.33. The molecule has 0 saturated carbocycles. The molecule has 2 aromatic carbocycles. The van der Waals surface area contributed by atoms with Crippen molar-refractivity contribution in [3.63, 3.8) is 0 Å². The molecule has 0 bridgehead atoms. The van der Waals surface area contributed by atoms with Crippen molar-refractivity contribution in [3.8, 4) is 11.5 Å². The summed E-state index contributed by atoms with van der Waals surface area (Å²) >= 11 is 0. The number of carbonyl (C=O) groups excluding carboxylic acids is 2. The van der Waals surface area contributed by atoms with Gasteiger partial charge < -0.3 is 14.2 Å². The molecule has 8 nitrogen and oxygen atoms in total. The monoisotopic (exact) mass is 405 g/mol. The van der Waals surface area contributed by atoms with Crippen LogP contribution in [-0.4, -0.2) is 52.5 Å². The first kappa shape index (κ1) is 19.7. The minimum absolute atomic E-state index is 0.0416. The Hall–Kier alpha value is -3.07. The molecule has 1 aliphatic heterocycles. The standard InChI is InChI=1S/C19H19NO7S/c1-25-15-7-4-12(10-16(15)26-2)8-9-20-18(21)14-6-5-13(19(22)27-3)11-17(14)28(20,23)24/h4-7,10-11H,8-9H2,1-3H3. The molecule has 0 fully saturated rings. The summed E-state index contributed by atoms with van der Waals surface area (Å²) in [6, 6.07) is 9.09. The maximum Gasteiger partial charge on any atom is 0.337 e. The molecule has 0 unspecified atom stereocenters. The van der Waals surface area contributed by atoms with Crippen LogP contribution in [0, 0.1) is 0 Å². The molecule has 1 aliphatic rings. The highest BCUT2D eigenvalue weighted by atomic mass is 32.2. The maximum atomic E-state index is 12.8. The zero-order chi connectivity index (χ0) is 20.5. The average Bonchev–Trinajstić information content (AvgIpc) is 2.90. The van der Waals surface area contributed by atoms with Crippen molar-refractivity contribution in [2.75, 3.05) is 27.9 Å². The van der Waals surface area contributed by atoms with E-state index in [0.717, 1.165) is 9.87 Å². The van der Waals surface area contributed by atoms with Crippen molar-refractivity contribution in [2.45, 2.75) is 11.3 Å². The third-order valence-electron chi connectivity index (χ3n) is 4.48. The molecule has 0 atom stereocenters. The van der Waals surface area contributed by atoms with Crippen LogP contribution in [0.4, 0.5) is 0 Å². The Morgan fingerprint density at radius 2 is 1.71 bits per heavy atom. The molecule has 0 radical (unpaired) electrons. The molecular formula is C19H19NO7S. The molecule has 2 aromatic rings. The lowest BCUT2D eigenvalue weighted by atomic mass is 10.1. The summed E-state index contributed by atoms with van der Waals surface area (Å²) < 4.78 is 41.5. The SMILES string of the molecule is COC(=O)c1ccc2c(c1)S(=O)(=O)N(CCc1ccc(OC)c(OC)c1)C2=O. The van der Waals surface area contributed by atoms with Crippen molar-refractivity contribution >= 4 is 21.9 Å². The van der Waals surface area contributed by atoms with Gasteiger partial charge in [0.25, 0.3) is 15.9 Å². The molecule has 1 heterocycles. The van der Waals surface area contributed by atoms with Gasteiger partial charge in [0.15, 0.2) is 11.5 Å². The van der Waals surface area contributed by atoms with Crippen molar-refractivity contribution in [1.29, 1.82) is 0 Å². The van der Waals surface area contributed by atoms with Crippen LogP contribution in [0.15, 0.2) is 41.3 Å². The largest absolute Gasteiger partial charge is 0.493 e. The second kappa shape index (κ2) is 7.51. The third kappa shape index (κ3) is 3.29. The first-order chi connectivity index (χ1) is 13.3. The van der Waals surface area contributed by atoms with E-state index in [1.165, 1.54) is 39.5 Å². The van der Waals surface area contributed by atoms with Gasteiger partial charge in [-0.25, -0.2) is 17.5 Å². The third-order valence-corrected chi connectivity index (χ3v) is 6.30. The number of amides is 1. The van der Waals surface area contributed by atoms with E-state index >= 15 is 0 Å². The minimum Gasteiger partial charge on any atom is -0.493 e. The molecular weight excluding hydrogens is 386 g/mol. The van der Waals surface area contributed by atoms with E-state index in [4.69, 9.17) is 9.47 Å². The van der Waals surface area contributed by atoms with Crippen LogP contribution in [0.25, 0.3) is 0 Å². The Labute approximate surface area is 162 Å². The highest BCUT2D eigenvalue weighted by molar-refractivity contribution is 7.90. The number of rotatable bonds is 6. The fourth-order valence-corrected chi connectivity index (χ4v) is 4.60. The maximum absolute atomic E-state index is 12.8. The van der Waals surface area contributed by atoms with Gasteiger partial charge >= 0.3 is 5.97 Å². The Balaban J connectivity index is 1.86. The number of methoxy groups -OCH3 is 3. The van der Waals surface area contributed by atoms with Gasteiger partial charge in [0.1, 0.15) is 4.90 Å². The molecule has 28 heavy (non-hydrogen) atoms. The molecule has 148 valence electrons. The molecule has 0 N–H and O–H groups in total. The van der Waals surface area contributed by atoms with Gasteiger partial charge in [-0.15, -0.1) is 0 Å². The Morgan fingerprint density at radius 1 is 1.00 bits per heavy atom. The zero-order valence-electron chi connectivity index (χ0n) is 15.6. The summed E-state index contributed by atoms with van der Waals surface area (Å²) in [5.41, 5.74) is 0.895. The fourth-order valence-electron chi connectivity index (χ4n) is 3.01. The fraction of sp³-hybridized carbons (Fsp3) is 0.263. The first-order valence-corrected chi connectivity index (χ1v) is 9.77. The second-order valence-electron chi connectivity index (χ2n) is 6.02. The number of fused-ring (bicyclic) bond motifs is 1. The highest BCUT2D eigenvalue weighted by Crippen LogP contribution is 2.32. The Bertz CT molecular complexity index is 1050. The lowest BCUT2D eigenvalue weighted by Gasteiger charge is -2.15. The van der Waals surface area contributed by atoms with Crippen LogP contribution in [0.3, 0.4) is 0 Å². The van der Waals surface area contributed by atoms with Crippen LogP contribution in [-0.2, 0) is 21.2 Å². The Morgan fingerprint density at radius 3 is 2.36 bits per heavy atom. The highest BCUT2D eigenvalue weighted by Gasteiger charge is 2.41. The number of esters is 1. The van der Waals surface area contributed by atoms with Crippen molar-refractivity contribution in [2.24, 2.45) is 0 Å². The molecule has 0 aromatic heterocycles. The van der Waals surface area contributed by atoms with Gasteiger partial charge in [0.05, 0.1) is 32.5 Å². The van der Waals surface area contributed by atoms with E-state index in [-0.39, 0.29) is 22.6 Å². The predicted octanol–water partition coefficient (Wildman–Crippen LogP) is 1.88. The van der Waals surface area contributed by atoms with Crippen molar-refractivity contribution in [3.05, 3.63) is 53.1 Å². The van der Waals surface area contributed by atoms with E-state index in [1.807, 2.05) is 0 Å². The van der Waals surface area contributed by atoms with Gasteiger partial charge in [-0.2, -0.15) is 0 Å². The van der Waals surface area contributed by atoms with Gasteiger partial charge in [-0.05, 0) is 42.3 Å². The van der Waals surface area contributed by atoms with Crippen LogP contribution < -0.4 is 9.47 Å². The van der Waals surface area contributed by atoms with Gasteiger partial charge in [-0.1, -0.05) is 6.07 Å². The summed E-state index contributed by atoms with van der Waals surface area (Å²) in [5.74, 6) is -0.221. The zero-order valence-corrected chi connectivity index (χ0v) is 16.4. The lowest BCUT2D eigenvalue weighted by molar-refractivity contribution is 0.0600. The molecule has 3 rings (SSSR count). The van der Waals surface area contributed by atoms with Crippen LogP contribution in [0.1, 0.15) is 26.3 Å². The number of ether oxygens (including phenoxy) is 3. The van der Waals surface area contributed by atoms with Gasteiger partial charge in [-0.3, -0.25) is 4.79 Å². The topological polar surface area (TPSA) is 99.2 Å². The predicted molar refractivity (Wildman–Crippen MR) is 99.3 cm³/mol. The number of carbonyl (C=O) groups is 2. The summed E-state index contributed by atoms with van der Waals surface area (Å²) in [7, 11) is 0.187. The minimum atomic E-state index is -4.04.